The highest BCUT2D eigenvalue weighted by molar-refractivity contribution is 7.99. The fourth-order valence-electron chi connectivity index (χ4n) is 3.42. The second-order valence-electron chi connectivity index (χ2n) is 8.58. The van der Waals surface area contributed by atoms with Crippen LogP contribution in [0.1, 0.15) is 36.8 Å². The summed E-state index contributed by atoms with van der Waals surface area (Å²) in [4.78, 5) is 25.2. The maximum Gasteiger partial charge on any atom is 0.344 e. The average Bonchev–Trinajstić information content (AvgIpc) is 3.09. The van der Waals surface area contributed by atoms with Crippen LogP contribution in [-0.4, -0.2) is 20.7 Å². The van der Waals surface area contributed by atoms with E-state index in [-0.39, 0.29) is 11.6 Å². The first-order valence-corrected chi connectivity index (χ1v) is 11.2. The Morgan fingerprint density at radius 1 is 1.03 bits per heavy atom. The van der Waals surface area contributed by atoms with Gasteiger partial charge in [-0.15, -0.1) is 0 Å². The molecular weight excluding hydrogens is 438 g/mol. The van der Waals surface area contributed by atoms with Crippen LogP contribution in [0.3, 0.4) is 0 Å². The van der Waals surface area contributed by atoms with Gasteiger partial charge in [-0.1, -0.05) is 54.2 Å². The second-order valence-corrected chi connectivity index (χ2v) is 9.63. The fourth-order valence-corrected chi connectivity index (χ4v) is 4.44. The summed E-state index contributed by atoms with van der Waals surface area (Å²) in [6.45, 7) is 7.65. The van der Waals surface area contributed by atoms with Gasteiger partial charge in [0.2, 0.25) is 5.88 Å². The fraction of sp³-hybridized carbons (Fsp3) is 0.200. The third kappa shape index (κ3) is 4.61. The Bertz CT molecular complexity index is 1370. The number of para-hydroxylation sites is 1. The number of carbonyl (C=O) groups is 1. The topological polar surface area (TPSA) is 87.3 Å². The molecule has 0 saturated carbocycles. The highest BCUT2D eigenvalue weighted by Gasteiger charge is 2.29. The molecule has 168 valence electrons. The van der Waals surface area contributed by atoms with E-state index < -0.39 is 16.4 Å². The van der Waals surface area contributed by atoms with Crippen molar-refractivity contribution in [2.75, 3.05) is 0 Å². The molecule has 4 rings (SSSR count). The average molecular weight is 462 g/mol. The Balaban J connectivity index is 1.76. The minimum absolute atomic E-state index is 0.0165. The molecule has 8 heteroatoms. The zero-order chi connectivity index (χ0) is 23.8. The van der Waals surface area contributed by atoms with Crippen molar-refractivity contribution in [2.24, 2.45) is 0 Å². The molecule has 0 unspecified atom stereocenters. The van der Waals surface area contributed by atoms with Crippen molar-refractivity contribution in [3.05, 3.63) is 88.1 Å². The Labute approximate surface area is 195 Å². The van der Waals surface area contributed by atoms with Gasteiger partial charge in [0.1, 0.15) is 0 Å². The number of nitro groups is 1. The predicted molar refractivity (Wildman–Crippen MR) is 128 cm³/mol. The minimum atomic E-state index is -0.518. The molecule has 0 amide bonds. The van der Waals surface area contributed by atoms with E-state index in [0.29, 0.717) is 21.0 Å². The number of hydrogen-bond donors (Lipinski definition) is 0. The van der Waals surface area contributed by atoms with Crippen molar-refractivity contribution in [2.45, 2.75) is 43.0 Å². The molecule has 0 radical (unpaired) electrons. The minimum Gasteiger partial charge on any atom is -0.403 e. The molecular formula is C25H23N3O4S. The van der Waals surface area contributed by atoms with Crippen LogP contribution in [0.15, 0.2) is 76.5 Å². The number of carbonyl (C=O) groups excluding carboxylic acids is 1. The molecule has 0 fully saturated rings. The highest BCUT2D eigenvalue weighted by Crippen LogP contribution is 2.43. The molecule has 0 aliphatic rings. The van der Waals surface area contributed by atoms with Crippen molar-refractivity contribution < 1.29 is 14.5 Å². The molecule has 33 heavy (non-hydrogen) atoms. The number of benzene rings is 3. The summed E-state index contributed by atoms with van der Waals surface area (Å²) in [5.41, 5.74) is 0.534. The van der Waals surface area contributed by atoms with E-state index in [0.717, 1.165) is 10.8 Å². The number of nitro benzene ring substituents is 1. The lowest BCUT2D eigenvalue weighted by Gasteiger charge is -2.22. The summed E-state index contributed by atoms with van der Waals surface area (Å²) in [7, 11) is 0. The van der Waals surface area contributed by atoms with Crippen molar-refractivity contribution >= 4 is 34.2 Å². The van der Waals surface area contributed by atoms with Crippen molar-refractivity contribution in [1.29, 1.82) is 0 Å². The Morgan fingerprint density at radius 2 is 1.70 bits per heavy atom. The number of aromatic nitrogens is 2. The summed E-state index contributed by atoms with van der Waals surface area (Å²) in [6.07, 6.45) is 0. The molecule has 0 spiro atoms. The van der Waals surface area contributed by atoms with Crippen LogP contribution in [0, 0.1) is 17.0 Å². The van der Waals surface area contributed by atoms with Crippen LogP contribution in [0.4, 0.5) is 5.69 Å². The number of nitrogens with zero attached hydrogens (tertiary/aromatic N) is 3. The van der Waals surface area contributed by atoms with Gasteiger partial charge in [0.15, 0.2) is 0 Å². The molecule has 1 heterocycles. The first-order valence-electron chi connectivity index (χ1n) is 10.4. The van der Waals surface area contributed by atoms with Gasteiger partial charge in [0.25, 0.3) is 5.69 Å². The lowest BCUT2D eigenvalue weighted by atomic mass is 10.1. The lowest BCUT2D eigenvalue weighted by Crippen LogP contribution is -2.25. The number of esters is 1. The van der Waals surface area contributed by atoms with Gasteiger partial charge < -0.3 is 4.74 Å². The zero-order valence-electron chi connectivity index (χ0n) is 18.7. The summed E-state index contributed by atoms with van der Waals surface area (Å²) < 4.78 is 7.55. The monoisotopic (exact) mass is 461 g/mol. The van der Waals surface area contributed by atoms with Crippen molar-refractivity contribution in [3.63, 3.8) is 0 Å². The summed E-state index contributed by atoms with van der Waals surface area (Å²) >= 11 is 1.17. The number of rotatable bonds is 5. The summed E-state index contributed by atoms with van der Waals surface area (Å²) in [6, 6.07) is 19.6. The molecule has 0 atom stereocenters. The van der Waals surface area contributed by atoms with Crippen molar-refractivity contribution in [1.82, 2.24) is 9.78 Å². The molecule has 0 aliphatic carbocycles. The summed E-state index contributed by atoms with van der Waals surface area (Å²) in [5.74, 6) is -0.253. The number of fused-ring (bicyclic) bond motifs is 1. The van der Waals surface area contributed by atoms with E-state index in [9.17, 15) is 14.9 Å². The number of aryl methyl sites for hydroxylation is 1. The molecule has 0 saturated heterocycles. The molecule has 0 aliphatic heterocycles. The SMILES string of the molecule is Cc1nn(C(C)(C)C)c(OC(=O)c2ccc3ccccc3c2)c1Sc1ccccc1[N+](=O)[O-]. The third-order valence-electron chi connectivity index (χ3n) is 5.05. The molecule has 0 bridgehead atoms. The molecule has 0 N–H and O–H groups in total. The van der Waals surface area contributed by atoms with Gasteiger partial charge in [-0.25, -0.2) is 9.48 Å². The first-order chi connectivity index (χ1) is 15.6. The van der Waals surface area contributed by atoms with Crippen LogP contribution >= 0.6 is 11.8 Å². The van der Waals surface area contributed by atoms with E-state index >= 15 is 0 Å². The van der Waals surface area contributed by atoms with E-state index in [2.05, 4.69) is 5.10 Å². The van der Waals surface area contributed by atoms with E-state index in [1.165, 1.54) is 17.8 Å². The van der Waals surface area contributed by atoms with E-state index in [4.69, 9.17) is 4.74 Å². The molecule has 7 nitrogen and oxygen atoms in total. The largest absolute Gasteiger partial charge is 0.403 e. The maximum absolute atomic E-state index is 13.1. The Kier molecular flexibility index (Phi) is 5.95. The standard InChI is InChI=1S/C25H23N3O4S/c1-16-22(33-21-12-8-7-11-20(21)28(30)31)23(27(26-16)25(2,3)4)32-24(29)19-14-13-17-9-5-6-10-18(17)15-19/h5-15H,1-4H3. The van der Waals surface area contributed by atoms with Crippen LogP contribution in [-0.2, 0) is 5.54 Å². The van der Waals surface area contributed by atoms with Gasteiger partial charge in [0, 0.05) is 6.07 Å². The second kappa shape index (κ2) is 8.71. The Hall–Kier alpha value is -3.65. The van der Waals surface area contributed by atoms with Crippen LogP contribution in [0.2, 0.25) is 0 Å². The maximum atomic E-state index is 13.1. The lowest BCUT2D eigenvalue weighted by molar-refractivity contribution is -0.387. The van der Waals surface area contributed by atoms with Gasteiger partial charge >= 0.3 is 5.97 Å². The highest BCUT2D eigenvalue weighted by atomic mass is 32.2. The molecule has 1 aromatic heterocycles. The van der Waals surface area contributed by atoms with Gasteiger partial charge in [-0.3, -0.25) is 10.1 Å². The Morgan fingerprint density at radius 3 is 2.39 bits per heavy atom. The molecule has 3 aromatic carbocycles. The van der Waals surface area contributed by atoms with E-state index in [1.807, 2.05) is 51.1 Å². The third-order valence-corrected chi connectivity index (χ3v) is 6.29. The van der Waals surface area contributed by atoms with Gasteiger partial charge in [0.05, 0.1) is 31.5 Å². The van der Waals surface area contributed by atoms with Gasteiger partial charge in [-0.2, -0.15) is 5.10 Å². The first kappa shape index (κ1) is 22.5. The van der Waals surface area contributed by atoms with Crippen molar-refractivity contribution in [3.8, 4) is 5.88 Å². The zero-order valence-corrected chi connectivity index (χ0v) is 19.6. The quantitative estimate of drug-likeness (QED) is 0.195. The normalized spacial score (nSPS) is 11.5. The van der Waals surface area contributed by atoms with E-state index in [1.54, 1.807) is 41.9 Å². The van der Waals surface area contributed by atoms with Crippen LogP contribution < -0.4 is 4.74 Å². The van der Waals surface area contributed by atoms with Crippen LogP contribution in [0.5, 0.6) is 5.88 Å². The number of hydrogen-bond acceptors (Lipinski definition) is 6. The predicted octanol–water partition coefficient (Wildman–Crippen LogP) is 6.38. The number of ether oxygens (including phenoxy) is 1. The van der Waals surface area contributed by atoms with Crippen LogP contribution in [0.25, 0.3) is 10.8 Å². The summed E-state index contributed by atoms with van der Waals surface area (Å²) in [5, 5.41) is 18.1. The van der Waals surface area contributed by atoms with Gasteiger partial charge in [-0.05, 0) is 56.7 Å². The smallest absolute Gasteiger partial charge is 0.344 e. The molecule has 4 aromatic rings.